The second-order valence-corrected chi connectivity index (χ2v) is 8.88. The van der Waals surface area contributed by atoms with Crippen molar-refractivity contribution in [3.8, 4) is 11.5 Å². The number of ether oxygens (including phenoxy) is 3. The van der Waals surface area contributed by atoms with Crippen LogP contribution in [0.25, 0.3) is 0 Å². The molecule has 1 aliphatic heterocycles. The van der Waals surface area contributed by atoms with Gasteiger partial charge in [0.05, 0.1) is 25.0 Å². The molecule has 0 radical (unpaired) electrons. The van der Waals surface area contributed by atoms with Gasteiger partial charge in [-0.1, -0.05) is 26.0 Å². The third-order valence-electron chi connectivity index (χ3n) is 6.58. The first-order chi connectivity index (χ1) is 17.6. The van der Waals surface area contributed by atoms with E-state index in [4.69, 9.17) is 14.2 Å². The van der Waals surface area contributed by atoms with Gasteiger partial charge in [-0.15, -0.1) is 0 Å². The van der Waals surface area contributed by atoms with Gasteiger partial charge in [0.25, 0.3) is 5.91 Å². The summed E-state index contributed by atoms with van der Waals surface area (Å²) in [7, 11) is 3.19. The van der Waals surface area contributed by atoms with Crippen LogP contribution in [-0.2, 0) is 16.0 Å². The molecule has 0 spiro atoms. The number of benzene rings is 2. The molecule has 1 aliphatic rings. The monoisotopic (exact) mass is 514 g/mol. The van der Waals surface area contributed by atoms with Crippen LogP contribution < -0.4 is 14.4 Å². The molecule has 10 heteroatoms. The summed E-state index contributed by atoms with van der Waals surface area (Å²) in [6.45, 7) is 5.98. The highest BCUT2D eigenvalue weighted by Crippen LogP contribution is 2.35. The normalized spacial score (nSPS) is 15.5. The molecule has 1 amide bonds. The quantitative estimate of drug-likeness (QED) is 0.434. The Labute approximate surface area is 216 Å². The Morgan fingerprint density at radius 3 is 2.30 bits per heavy atom. The van der Waals surface area contributed by atoms with E-state index in [0.717, 1.165) is 5.56 Å². The largest absolute Gasteiger partial charge is 0.496 e. The molecule has 10 nitrogen and oxygen atoms in total. The molecule has 0 saturated heterocycles. The van der Waals surface area contributed by atoms with Crippen LogP contribution in [0.4, 0.5) is 5.69 Å². The summed E-state index contributed by atoms with van der Waals surface area (Å²) < 4.78 is 17.0. The zero-order chi connectivity index (χ0) is 27.3. The van der Waals surface area contributed by atoms with Crippen molar-refractivity contribution in [2.24, 2.45) is 0 Å². The van der Waals surface area contributed by atoms with E-state index < -0.39 is 23.8 Å². The maximum Gasteiger partial charge on any atom is 0.339 e. The number of rotatable bonds is 12. The zero-order valence-electron chi connectivity index (χ0n) is 21.8. The lowest BCUT2D eigenvalue weighted by Crippen LogP contribution is -2.52. The van der Waals surface area contributed by atoms with E-state index in [1.807, 2.05) is 11.8 Å². The first-order valence-electron chi connectivity index (χ1n) is 12.2. The maximum atomic E-state index is 13.4. The van der Waals surface area contributed by atoms with Crippen molar-refractivity contribution >= 4 is 23.5 Å². The minimum Gasteiger partial charge on any atom is -0.496 e. The van der Waals surface area contributed by atoms with Gasteiger partial charge in [-0.3, -0.25) is 9.69 Å². The van der Waals surface area contributed by atoms with E-state index in [-0.39, 0.29) is 35.9 Å². The maximum absolute atomic E-state index is 13.4. The van der Waals surface area contributed by atoms with Gasteiger partial charge in [0.1, 0.15) is 17.1 Å². The molecule has 2 aromatic carbocycles. The van der Waals surface area contributed by atoms with Crippen LogP contribution in [0.1, 0.15) is 59.9 Å². The summed E-state index contributed by atoms with van der Waals surface area (Å²) in [6.07, 6.45) is 0.419. The van der Waals surface area contributed by atoms with Crippen LogP contribution >= 0.6 is 0 Å². The predicted octanol–water partition coefficient (Wildman–Crippen LogP) is 3.87. The molecule has 0 bridgehead atoms. The van der Waals surface area contributed by atoms with E-state index >= 15 is 0 Å². The molecule has 37 heavy (non-hydrogen) atoms. The fraction of sp³-hybridized carbons (Fsp3) is 0.444. The SMILES string of the molecule is CCOC(CC)(Cc1ccc(OC(CC)N2CN(C)c3cc(OC)c(C(=O)O)cc3C2=O)cc1)C(=O)O. The van der Waals surface area contributed by atoms with Crippen molar-refractivity contribution < 1.29 is 38.8 Å². The van der Waals surface area contributed by atoms with E-state index in [9.17, 15) is 24.6 Å². The van der Waals surface area contributed by atoms with Crippen molar-refractivity contribution in [2.75, 3.05) is 32.3 Å². The molecule has 2 aromatic rings. The summed E-state index contributed by atoms with van der Waals surface area (Å²) >= 11 is 0. The number of carboxylic acids is 2. The Morgan fingerprint density at radius 1 is 1.11 bits per heavy atom. The molecule has 0 aromatic heterocycles. The number of aromatic carboxylic acids is 1. The van der Waals surface area contributed by atoms with Gasteiger partial charge in [-0.25, -0.2) is 9.59 Å². The number of carbonyl (C=O) groups excluding carboxylic acids is 1. The predicted molar refractivity (Wildman–Crippen MR) is 137 cm³/mol. The molecule has 0 fully saturated rings. The highest BCUT2D eigenvalue weighted by atomic mass is 16.5. The van der Waals surface area contributed by atoms with Crippen LogP contribution in [0.5, 0.6) is 11.5 Å². The topological polar surface area (TPSA) is 126 Å². The van der Waals surface area contributed by atoms with Crippen molar-refractivity contribution in [1.82, 2.24) is 4.90 Å². The molecule has 2 N–H and O–H groups in total. The second-order valence-electron chi connectivity index (χ2n) is 8.88. The Hall–Kier alpha value is -3.79. The summed E-state index contributed by atoms with van der Waals surface area (Å²) in [5, 5.41) is 19.3. The highest BCUT2D eigenvalue weighted by Gasteiger charge is 2.38. The molecule has 200 valence electrons. The standard InChI is InChI=1S/C27H34N2O8/c1-6-23(37-18-11-9-17(10-12-18)15-27(7-2,26(33)34)36-8-3)29-16-28(4)21-14-22(35-5)20(25(31)32)13-19(21)24(29)30/h9-14,23H,6-8,15-16H2,1-5H3,(H,31,32)(H,33,34). The lowest BCUT2D eigenvalue weighted by Gasteiger charge is -2.40. The lowest BCUT2D eigenvalue weighted by atomic mass is 9.91. The molecule has 2 unspecified atom stereocenters. The van der Waals surface area contributed by atoms with Gasteiger partial charge in [-0.2, -0.15) is 0 Å². The van der Waals surface area contributed by atoms with Crippen molar-refractivity contribution in [1.29, 1.82) is 0 Å². The Balaban J connectivity index is 1.82. The van der Waals surface area contributed by atoms with Crippen LogP contribution in [0.15, 0.2) is 36.4 Å². The Bertz CT molecular complexity index is 1150. The lowest BCUT2D eigenvalue weighted by molar-refractivity contribution is -0.166. The fourth-order valence-electron chi connectivity index (χ4n) is 4.52. The summed E-state index contributed by atoms with van der Waals surface area (Å²) in [6, 6.07) is 9.96. The fourth-order valence-corrected chi connectivity index (χ4v) is 4.52. The number of anilines is 1. The van der Waals surface area contributed by atoms with Crippen LogP contribution in [-0.4, -0.2) is 72.2 Å². The smallest absolute Gasteiger partial charge is 0.339 e. The number of nitrogens with zero attached hydrogens (tertiary/aromatic N) is 2. The summed E-state index contributed by atoms with van der Waals surface area (Å²) in [5.41, 5.74) is 0.236. The number of carbonyl (C=O) groups is 3. The van der Waals surface area contributed by atoms with Crippen LogP contribution in [0.2, 0.25) is 0 Å². The van der Waals surface area contributed by atoms with Crippen molar-refractivity contribution in [3.05, 3.63) is 53.1 Å². The molecule has 3 rings (SSSR count). The minimum absolute atomic E-state index is 0.0917. The molecule has 0 saturated carbocycles. The van der Waals surface area contributed by atoms with Gasteiger partial charge in [-0.05, 0) is 37.1 Å². The average molecular weight is 515 g/mol. The van der Waals surface area contributed by atoms with E-state index in [1.54, 1.807) is 56.1 Å². The van der Waals surface area contributed by atoms with Gasteiger partial charge in [0.15, 0.2) is 11.8 Å². The van der Waals surface area contributed by atoms with E-state index in [0.29, 0.717) is 30.9 Å². The summed E-state index contributed by atoms with van der Waals surface area (Å²) in [4.78, 5) is 40.4. The first-order valence-corrected chi connectivity index (χ1v) is 12.2. The summed E-state index contributed by atoms with van der Waals surface area (Å²) in [5.74, 6) is -1.82. The molecule has 0 aliphatic carbocycles. The Kier molecular flexibility index (Phi) is 8.65. The second kappa shape index (κ2) is 11.5. The van der Waals surface area contributed by atoms with Crippen molar-refractivity contribution in [2.45, 2.75) is 51.9 Å². The average Bonchev–Trinajstić information content (AvgIpc) is 2.89. The third-order valence-corrected chi connectivity index (χ3v) is 6.58. The van der Waals surface area contributed by atoms with Crippen LogP contribution in [0, 0.1) is 0 Å². The number of carboxylic acid groups (broad SMARTS) is 2. The molecular formula is C27H34N2O8. The number of hydrogen-bond donors (Lipinski definition) is 2. The number of amides is 1. The van der Waals surface area contributed by atoms with Crippen LogP contribution in [0.3, 0.4) is 0 Å². The number of aliphatic carboxylic acids is 1. The number of methoxy groups -OCH3 is 1. The number of hydrogen-bond acceptors (Lipinski definition) is 7. The minimum atomic E-state index is -1.29. The molecule has 1 heterocycles. The Morgan fingerprint density at radius 2 is 1.78 bits per heavy atom. The van der Waals surface area contributed by atoms with Gasteiger partial charge >= 0.3 is 11.9 Å². The zero-order valence-corrected chi connectivity index (χ0v) is 21.8. The third kappa shape index (κ3) is 5.64. The highest BCUT2D eigenvalue weighted by molar-refractivity contribution is 6.05. The first kappa shape index (κ1) is 27.8. The molecular weight excluding hydrogens is 480 g/mol. The van der Waals surface area contributed by atoms with Gasteiger partial charge in [0.2, 0.25) is 0 Å². The number of fused-ring (bicyclic) bond motifs is 1. The van der Waals surface area contributed by atoms with E-state index in [1.165, 1.54) is 13.2 Å². The molecule has 2 atom stereocenters. The van der Waals surface area contributed by atoms with Gasteiger partial charge < -0.3 is 29.3 Å². The van der Waals surface area contributed by atoms with Gasteiger partial charge in [0, 0.05) is 32.6 Å². The van der Waals surface area contributed by atoms with Crippen molar-refractivity contribution in [3.63, 3.8) is 0 Å². The van der Waals surface area contributed by atoms with E-state index in [2.05, 4.69) is 0 Å².